The number of carboxylic acids is 1. The van der Waals surface area contributed by atoms with Crippen LogP contribution in [-0.4, -0.2) is 16.9 Å². The first-order valence-electron chi connectivity index (χ1n) is 5.98. The van der Waals surface area contributed by atoms with Gasteiger partial charge in [0.2, 0.25) is 0 Å². The quantitative estimate of drug-likeness (QED) is 0.647. The van der Waals surface area contributed by atoms with E-state index >= 15 is 0 Å². The number of carbonyl (C=O) groups is 2. The lowest BCUT2D eigenvalue weighted by Gasteiger charge is -2.09. The Bertz CT molecular complexity index is 252. The lowest BCUT2D eigenvalue weighted by Crippen LogP contribution is -2.11. The van der Waals surface area contributed by atoms with Crippen molar-refractivity contribution < 1.29 is 14.7 Å². The summed E-state index contributed by atoms with van der Waals surface area (Å²) in [5.74, 6) is -0.644. The van der Waals surface area contributed by atoms with Gasteiger partial charge in [0, 0.05) is 5.92 Å². The summed E-state index contributed by atoms with van der Waals surface area (Å²) in [4.78, 5) is 22.2. The number of allylic oxidation sites excluding steroid dienone is 2. The van der Waals surface area contributed by atoms with E-state index in [1.54, 1.807) is 12.2 Å². The van der Waals surface area contributed by atoms with Crippen LogP contribution in [0.3, 0.4) is 0 Å². The summed E-state index contributed by atoms with van der Waals surface area (Å²) in [6.07, 6.45) is 5.84. The number of ketones is 1. The van der Waals surface area contributed by atoms with Crippen LogP contribution in [0.2, 0.25) is 0 Å². The number of carboxylic acid groups (broad SMARTS) is 1. The molecule has 1 unspecified atom stereocenters. The van der Waals surface area contributed by atoms with Crippen molar-refractivity contribution in [3.8, 4) is 0 Å². The van der Waals surface area contributed by atoms with Crippen LogP contribution in [0.4, 0.5) is 0 Å². The van der Waals surface area contributed by atoms with Gasteiger partial charge in [-0.1, -0.05) is 26.8 Å². The maximum absolute atomic E-state index is 11.7. The molecular formula is C13H22O3. The standard InChI is InChI=1S/C13H22O3/c1-4-10(9-13(15)16)7-8-12(14)11(5-2)6-3/h7-8,10-11H,4-6,9H2,1-3H3,(H,15,16)/b8-7-. The van der Waals surface area contributed by atoms with Crippen LogP contribution in [0.25, 0.3) is 0 Å². The average molecular weight is 226 g/mol. The molecule has 0 aliphatic carbocycles. The molecule has 0 aromatic carbocycles. The van der Waals surface area contributed by atoms with Crippen molar-refractivity contribution in [2.24, 2.45) is 11.8 Å². The fraction of sp³-hybridized carbons (Fsp3) is 0.692. The highest BCUT2D eigenvalue weighted by Gasteiger charge is 2.12. The Hall–Kier alpha value is -1.12. The van der Waals surface area contributed by atoms with E-state index in [2.05, 4.69) is 0 Å². The van der Waals surface area contributed by atoms with Gasteiger partial charge >= 0.3 is 5.97 Å². The van der Waals surface area contributed by atoms with Gasteiger partial charge < -0.3 is 5.11 Å². The first-order valence-corrected chi connectivity index (χ1v) is 5.98. The van der Waals surface area contributed by atoms with Crippen molar-refractivity contribution in [1.82, 2.24) is 0 Å². The minimum absolute atomic E-state index is 0.0317. The largest absolute Gasteiger partial charge is 0.481 e. The highest BCUT2D eigenvalue weighted by Crippen LogP contribution is 2.13. The summed E-state index contributed by atoms with van der Waals surface area (Å²) in [6.45, 7) is 5.92. The molecule has 0 radical (unpaired) electrons. The van der Waals surface area contributed by atoms with Gasteiger partial charge in [-0.15, -0.1) is 0 Å². The maximum atomic E-state index is 11.7. The molecule has 3 nitrogen and oxygen atoms in total. The predicted molar refractivity (Wildman–Crippen MR) is 64.3 cm³/mol. The molecule has 3 heteroatoms. The van der Waals surface area contributed by atoms with Crippen LogP contribution in [0.1, 0.15) is 46.5 Å². The molecule has 1 atom stereocenters. The molecule has 92 valence electrons. The molecule has 0 aliphatic heterocycles. The third-order valence-electron chi connectivity index (χ3n) is 2.88. The van der Waals surface area contributed by atoms with Crippen LogP contribution < -0.4 is 0 Å². The first-order chi connectivity index (χ1) is 7.54. The Morgan fingerprint density at radius 2 is 1.69 bits per heavy atom. The molecule has 0 amide bonds. The fourth-order valence-corrected chi connectivity index (χ4v) is 1.63. The third kappa shape index (κ3) is 5.69. The van der Waals surface area contributed by atoms with Crippen molar-refractivity contribution in [3.05, 3.63) is 12.2 Å². The normalized spacial score (nSPS) is 13.2. The summed E-state index contributed by atoms with van der Waals surface area (Å²) >= 11 is 0. The summed E-state index contributed by atoms with van der Waals surface area (Å²) in [5.41, 5.74) is 0. The van der Waals surface area contributed by atoms with E-state index in [0.717, 1.165) is 19.3 Å². The van der Waals surface area contributed by atoms with Gasteiger partial charge in [-0.25, -0.2) is 0 Å². The lowest BCUT2D eigenvalue weighted by molar-refractivity contribution is -0.137. The minimum Gasteiger partial charge on any atom is -0.481 e. The van der Waals surface area contributed by atoms with Gasteiger partial charge in [0.25, 0.3) is 0 Å². The number of hydrogen-bond acceptors (Lipinski definition) is 2. The number of aliphatic carboxylic acids is 1. The Balaban J connectivity index is 4.32. The van der Waals surface area contributed by atoms with Gasteiger partial charge in [0.05, 0.1) is 6.42 Å². The molecule has 0 aliphatic rings. The van der Waals surface area contributed by atoms with Crippen molar-refractivity contribution in [3.63, 3.8) is 0 Å². The maximum Gasteiger partial charge on any atom is 0.303 e. The van der Waals surface area contributed by atoms with Crippen LogP contribution in [0, 0.1) is 11.8 Å². The van der Waals surface area contributed by atoms with E-state index in [-0.39, 0.29) is 24.0 Å². The third-order valence-corrected chi connectivity index (χ3v) is 2.88. The van der Waals surface area contributed by atoms with Gasteiger partial charge in [-0.2, -0.15) is 0 Å². The predicted octanol–water partition coefficient (Wildman–Crippen LogP) is 3.05. The van der Waals surface area contributed by atoms with E-state index in [4.69, 9.17) is 5.11 Å². The van der Waals surface area contributed by atoms with E-state index < -0.39 is 5.97 Å². The van der Waals surface area contributed by atoms with Crippen molar-refractivity contribution in [1.29, 1.82) is 0 Å². The molecule has 1 N–H and O–H groups in total. The second kappa shape index (κ2) is 8.08. The molecule has 0 bridgehead atoms. The molecule has 0 aromatic heterocycles. The zero-order chi connectivity index (χ0) is 12.6. The van der Waals surface area contributed by atoms with Crippen LogP contribution in [-0.2, 0) is 9.59 Å². The van der Waals surface area contributed by atoms with Crippen molar-refractivity contribution in [2.75, 3.05) is 0 Å². The van der Waals surface area contributed by atoms with Gasteiger partial charge in [-0.05, 0) is 31.3 Å². The summed E-state index contributed by atoms with van der Waals surface area (Å²) < 4.78 is 0. The monoisotopic (exact) mass is 226 g/mol. The van der Waals surface area contributed by atoms with Crippen LogP contribution in [0.15, 0.2) is 12.2 Å². The van der Waals surface area contributed by atoms with Gasteiger partial charge in [-0.3, -0.25) is 9.59 Å². The minimum atomic E-state index is -0.813. The highest BCUT2D eigenvalue weighted by atomic mass is 16.4. The summed E-state index contributed by atoms with van der Waals surface area (Å²) in [7, 11) is 0. The molecule has 0 saturated heterocycles. The molecule has 0 spiro atoms. The molecular weight excluding hydrogens is 204 g/mol. The average Bonchev–Trinajstić information content (AvgIpc) is 2.25. The Morgan fingerprint density at radius 1 is 1.12 bits per heavy atom. The van der Waals surface area contributed by atoms with Crippen molar-refractivity contribution >= 4 is 11.8 Å². The number of carbonyl (C=O) groups excluding carboxylic acids is 1. The number of hydrogen-bond donors (Lipinski definition) is 1. The van der Waals surface area contributed by atoms with Gasteiger partial charge in [0.1, 0.15) is 0 Å². The van der Waals surface area contributed by atoms with E-state index in [1.165, 1.54) is 0 Å². The highest BCUT2D eigenvalue weighted by molar-refractivity contribution is 5.91. The fourth-order valence-electron chi connectivity index (χ4n) is 1.63. The molecule has 0 saturated carbocycles. The number of rotatable bonds is 8. The van der Waals surface area contributed by atoms with Crippen LogP contribution in [0.5, 0.6) is 0 Å². The van der Waals surface area contributed by atoms with E-state index in [9.17, 15) is 9.59 Å². The second-order valence-corrected chi connectivity index (χ2v) is 4.04. The van der Waals surface area contributed by atoms with Crippen LogP contribution >= 0.6 is 0 Å². The summed E-state index contributed by atoms with van der Waals surface area (Å²) in [5, 5.41) is 8.66. The SMILES string of the molecule is CCC(/C=C\C(=O)C(CC)CC)CC(=O)O. The first kappa shape index (κ1) is 14.9. The molecule has 16 heavy (non-hydrogen) atoms. The lowest BCUT2D eigenvalue weighted by atomic mass is 9.95. The second-order valence-electron chi connectivity index (χ2n) is 4.04. The summed E-state index contributed by atoms with van der Waals surface area (Å²) in [6, 6.07) is 0. The molecule has 0 rings (SSSR count). The van der Waals surface area contributed by atoms with E-state index in [1.807, 2.05) is 20.8 Å². The smallest absolute Gasteiger partial charge is 0.303 e. The Labute approximate surface area is 97.5 Å². The Kier molecular flexibility index (Phi) is 7.52. The van der Waals surface area contributed by atoms with Gasteiger partial charge in [0.15, 0.2) is 5.78 Å². The molecule has 0 aromatic rings. The molecule has 0 fully saturated rings. The molecule has 0 heterocycles. The topological polar surface area (TPSA) is 54.4 Å². The van der Waals surface area contributed by atoms with Crippen molar-refractivity contribution in [2.45, 2.75) is 46.5 Å². The zero-order valence-corrected chi connectivity index (χ0v) is 10.4. The van der Waals surface area contributed by atoms with E-state index in [0.29, 0.717) is 0 Å². The Morgan fingerprint density at radius 3 is 2.06 bits per heavy atom. The zero-order valence-electron chi connectivity index (χ0n) is 10.4.